The minimum absolute atomic E-state index is 0.116. The lowest BCUT2D eigenvalue weighted by atomic mass is 10.2. The smallest absolute Gasteiger partial charge is 0.270 e. The van der Waals surface area contributed by atoms with Crippen LogP contribution in [-0.2, 0) is 0 Å². The van der Waals surface area contributed by atoms with Crippen LogP contribution in [-0.4, -0.2) is 17.4 Å². The second-order valence-corrected chi connectivity index (χ2v) is 5.49. The maximum atomic E-state index is 12.1. The Balaban J connectivity index is 2.02. The zero-order valence-electron chi connectivity index (χ0n) is 13.0. The van der Waals surface area contributed by atoms with Crippen molar-refractivity contribution < 1.29 is 14.5 Å². The van der Waals surface area contributed by atoms with Gasteiger partial charge in [-0.05, 0) is 36.2 Å². The number of rotatable bonds is 6. The molecule has 0 aromatic heterocycles. The molecular formula is C17H18N2O4. The van der Waals surface area contributed by atoms with Crippen molar-refractivity contribution >= 4 is 17.3 Å². The maximum Gasteiger partial charge on any atom is 0.270 e. The molecule has 1 N–H and O–H groups in total. The molecule has 2 aromatic carbocycles. The van der Waals surface area contributed by atoms with Crippen LogP contribution in [0.15, 0.2) is 48.5 Å². The van der Waals surface area contributed by atoms with Gasteiger partial charge in [-0.25, -0.2) is 0 Å². The van der Waals surface area contributed by atoms with Gasteiger partial charge in [0.25, 0.3) is 11.6 Å². The Morgan fingerprint density at radius 3 is 2.52 bits per heavy atom. The fraction of sp³-hybridized carbons (Fsp3) is 0.235. The Morgan fingerprint density at radius 2 is 1.91 bits per heavy atom. The van der Waals surface area contributed by atoms with E-state index in [0.29, 0.717) is 18.2 Å². The molecule has 0 bridgehead atoms. The first-order valence-corrected chi connectivity index (χ1v) is 7.24. The topological polar surface area (TPSA) is 81.5 Å². The molecule has 1 amide bonds. The zero-order chi connectivity index (χ0) is 16.8. The van der Waals surface area contributed by atoms with E-state index in [4.69, 9.17) is 4.74 Å². The van der Waals surface area contributed by atoms with Crippen LogP contribution in [0, 0.1) is 16.0 Å². The number of amides is 1. The van der Waals surface area contributed by atoms with E-state index in [0.717, 1.165) is 5.75 Å². The van der Waals surface area contributed by atoms with Crippen molar-refractivity contribution in [2.24, 2.45) is 5.92 Å². The van der Waals surface area contributed by atoms with E-state index >= 15 is 0 Å². The molecule has 6 heteroatoms. The van der Waals surface area contributed by atoms with Crippen LogP contribution in [0.3, 0.4) is 0 Å². The number of anilines is 1. The molecule has 6 nitrogen and oxygen atoms in total. The summed E-state index contributed by atoms with van der Waals surface area (Å²) in [5.74, 6) is 0.764. The number of carbonyl (C=O) groups excluding carboxylic acids is 1. The summed E-state index contributed by atoms with van der Waals surface area (Å²) in [7, 11) is 0. The largest absolute Gasteiger partial charge is 0.493 e. The molecule has 0 radical (unpaired) electrons. The van der Waals surface area contributed by atoms with Crippen molar-refractivity contribution in [1.82, 2.24) is 0 Å². The van der Waals surface area contributed by atoms with Crippen LogP contribution in [0.1, 0.15) is 24.2 Å². The number of hydrogen-bond acceptors (Lipinski definition) is 4. The number of nitro benzene ring substituents is 1. The third kappa shape index (κ3) is 4.81. The van der Waals surface area contributed by atoms with Gasteiger partial charge in [-0.1, -0.05) is 19.9 Å². The quantitative estimate of drug-likeness (QED) is 0.648. The Kier molecular flexibility index (Phi) is 5.30. The Morgan fingerprint density at radius 1 is 1.22 bits per heavy atom. The molecule has 0 saturated carbocycles. The molecule has 23 heavy (non-hydrogen) atoms. The highest BCUT2D eigenvalue weighted by molar-refractivity contribution is 6.04. The lowest BCUT2D eigenvalue weighted by Gasteiger charge is -2.10. The first-order valence-electron chi connectivity index (χ1n) is 7.24. The van der Waals surface area contributed by atoms with E-state index in [-0.39, 0.29) is 11.3 Å². The van der Waals surface area contributed by atoms with Crippen LogP contribution in [0.5, 0.6) is 5.75 Å². The summed E-state index contributed by atoms with van der Waals surface area (Å²) < 4.78 is 5.57. The molecule has 2 rings (SSSR count). The SMILES string of the molecule is CC(C)COc1ccc(NC(=O)c2cccc([N+](=O)[O-])c2)cc1. The Labute approximate surface area is 134 Å². The minimum Gasteiger partial charge on any atom is -0.493 e. The normalized spacial score (nSPS) is 10.4. The summed E-state index contributed by atoms with van der Waals surface area (Å²) in [6.07, 6.45) is 0. The Bertz CT molecular complexity index is 696. The van der Waals surface area contributed by atoms with Gasteiger partial charge in [0.15, 0.2) is 0 Å². The van der Waals surface area contributed by atoms with Gasteiger partial charge in [0, 0.05) is 23.4 Å². The highest BCUT2D eigenvalue weighted by atomic mass is 16.6. The summed E-state index contributed by atoms with van der Waals surface area (Å²) in [5.41, 5.74) is 0.716. The molecule has 0 aliphatic heterocycles. The number of benzene rings is 2. The monoisotopic (exact) mass is 314 g/mol. The number of carbonyl (C=O) groups is 1. The van der Waals surface area contributed by atoms with Gasteiger partial charge in [-0.15, -0.1) is 0 Å². The third-order valence-corrected chi connectivity index (χ3v) is 3.01. The molecule has 2 aromatic rings. The van der Waals surface area contributed by atoms with E-state index in [1.807, 2.05) is 0 Å². The second-order valence-electron chi connectivity index (χ2n) is 5.49. The van der Waals surface area contributed by atoms with Crippen molar-refractivity contribution in [3.63, 3.8) is 0 Å². The number of nitrogens with zero attached hydrogens (tertiary/aromatic N) is 1. The number of nitrogens with one attached hydrogen (secondary N) is 1. The number of ether oxygens (including phenoxy) is 1. The van der Waals surface area contributed by atoms with Crippen molar-refractivity contribution in [1.29, 1.82) is 0 Å². The first kappa shape index (κ1) is 16.5. The molecule has 0 atom stereocenters. The van der Waals surface area contributed by atoms with Crippen LogP contribution in [0.4, 0.5) is 11.4 Å². The predicted octanol–water partition coefficient (Wildman–Crippen LogP) is 3.88. The van der Waals surface area contributed by atoms with Crippen molar-refractivity contribution in [2.45, 2.75) is 13.8 Å². The summed E-state index contributed by atoms with van der Waals surface area (Å²) >= 11 is 0. The molecular weight excluding hydrogens is 296 g/mol. The summed E-state index contributed by atoms with van der Waals surface area (Å²) in [4.78, 5) is 22.3. The summed E-state index contributed by atoms with van der Waals surface area (Å²) in [5, 5.41) is 13.4. The highest BCUT2D eigenvalue weighted by Gasteiger charge is 2.11. The zero-order valence-corrected chi connectivity index (χ0v) is 13.0. The van der Waals surface area contributed by atoms with Crippen molar-refractivity contribution in [3.05, 3.63) is 64.2 Å². The number of non-ortho nitro benzene ring substituents is 1. The van der Waals surface area contributed by atoms with E-state index in [9.17, 15) is 14.9 Å². The molecule has 0 aliphatic rings. The Hall–Kier alpha value is -2.89. The predicted molar refractivity (Wildman–Crippen MR) is 87.8 cm³/mol. The number of hydrogen-bond donors (Lipinski definition) is 1. The van der Waals surface area contributed by atoms with E-state index in [1.165, 1.54) is 24.3 Å². The molecule has 0 heterocycles. The van der Waals surface area contributed by atoms with E-state index < -0.39 is 10.8 Å². The number of nitro groups is 1. The van der Waals surface area contributed by atoms with Crippen molar-refractivity contribution in [3.8, 4) is 5.75 Å². The maximum absolute atomic E-state index is 12.1. The van der Waals surface area contributed by atoms with Gasteiger partial charge in [0.05, 0.1) is 11.5 Å². The van der Waals surface area contributed by atoms with Crippen LogP contribution in [0.2, 0.25) is 0 Å². The third-order valence-electron chi connectivity index (χ3n) is 3.01. The minimum atomic E-state index is -0.530. The molecule has 0 spiro atoms. The molecule has 0 fully saturated rings. The summed E-state index contributed by atoms with van der Waals surface area (Å²) in [6, 6.07) is 12.6. The standard InChI is InChI=1S/C17H18N2O4/c1-12(2)11-23-16-8-6-14(7-9-16)18-17(20)13-4-3-5-15(10-13)19(21)22/h3-10,12H,11H2,1-2H3,(H,18,20). The fourth-order valence-electron chi connectivity index (χ4n) is 1.86. The van der Waals surface area contributed by atoms with Gasteiger partial charge in [-0.3, -0.25) is 14.9 Å². The van der Waals surface area contributed by atoms with Gasteiger partial charge >= 0.3 is 0 Å². The van der Waals surface area contributed by atoms with Gasteiger partial charge in [0.2, 0.25) is 0 Å². The fourth-order valence-corrected chi connectivity index (χ4v) is 1.86. The average molecular weight is 314 g/mol. The lowest BCUT2D eigenvalue weighted by Crippen LogP contribution is -2.12. The van der Waals surface area contributed by atoms with E-state index in [2.05, 4.69) is 19.2 Å². The van der Waals surface area contributed by atoms with Gasteiger partial charge in [0.1, 0.15) is 5.75 Å². The molecule has 0 aliphatic carbocycles. The lowest BCUT2D eigenvalue weighted by molar-refractivity contribution is -0.384. The first-order chi connectivity index (χ1) is 11.0. The second kappa shape index (κ2) is 7.40. The van der Waals surface area contributed by atoms with Gasteiger partial charge < -0.3 is 10.1 Å². The van der Waals surface area contributed by atoms with Crippen LogP contribution < -0.4 is 10.1 Å². The van der Waals surface area contributed by atoms with Gasteiger partial charge in [-0.2, -0.15) is 0 Å². The summed E-state index contributed by atoms with van der Waals surface area (Å²) in [6.45, 7) is 4.75. The van der Waals surface area contributed by atoms with Crippen LogP contribution >= 0.6 is 0 Å². The van der Waals surface area contributed by atoms with E-state index in [1.54, 1.807) is 24.3 Å². The molecule has 0 unspecified atom stereocenters. The van der Waals surface area contributed by atoms with Crippen LogP contribution in [0.25, 0.3) is 0 Å². The molecule has 0 saturated heterocycles. The van der Waals surface area contributed by atoms with Crippen molar-refractivity contribution in [2.75, 3.05) is 11.9 Å². The molecule has 120 valence electrons. The average Bonchev–Trinajstić information content (AvgIpc) is 2.54. The highest BCUT2D eigenvalue weighted by Crippen LogP contribution is 2.18.